The van der Waals surface area contributed by atoms with E-state index in [1.165, 1.54) is 12.2 Å². The van der Waals surface area contributed by atoms with Crippen LogP contribution in [0.2, 0.25) is 0 Å². The second kappa shape index (κ2) is 10.3. The van der Waals surface area contributed by atoms with Crippen LogP contribution in [0.5, 0.6) is 0 Å². The zero-order chi connectivity index (χ0) is 18.8. The fraction of sp³-hybridized carbons (Fsp3) is 0.529. The summed E-state index contributed by atoms with van der Waals surface area (Å²) in [7, 11) is 1.58. The van der Waals surface area contributed by atoms with Crippen molar-refractivity contribution in [1.29, 1.82) is 0 Å². The molecule has 8 heteroatoms. The van der Waals surface area contributed by atoms with Gasteiger partial charge < -0.3 is 16.0 Å². The maximum atomic E-state index is 11.7. The Hall–Kier alpha value is -2.64. The van der Waals surface area contributed by atoms with Crippen molar-refractivity contribution in [3.05, 3.63) is 24.4 Å². The third-order valence-corrected chi connectivity index (χ3v) is 3.69. The molecule has 0 aromatic heterocycles. The second-order valence-electron chi connectivity index (χ2n) is 5.85. The maximum absolute atomic E-state index is 11.7. The Morgan fingerprint density at radius 1 is 1.20 bits per heavy atom. The summed E-state index contributed by atoms with van der Waals surface area (Å²) in [5.41, 5.74) is 0.724. The first-order valence-electron chi connectivity index (χ1n) is 8.29. The third-order valence-electron chi connectivity index (χ3n) is 3.69. The Balaban J connectivity index is 2.18. The molecule has 4 amide bonds. The summed E-state index contributed by atoms with van der Waals surface area (Å²) < 4.78 is 0. The zero-order valence-electron chi connectivity index (χ0n) is 14.8. The molecule has 0 saturated carbocycles. The molecule has 25 heavy (non-hydrogen) atoms. The van der Waals surface area contributed by atoms with Gasteiger partial charge in [-0.2, -0.15) is 0 Å². The van der Waals surface area contributed by atoms with Crippen LogP contribution in [0.25, 0.3) is 0 Å². The Bertz CT molecular complexity index is 553. The van der Waals surface area contributed by atoms with E-state index >= 15 is 0 Å². The highest BCUT2D eigenvalue weighted by Gasteiger charge is 2.23. The zero-order valence-corrected chi connectivity index (χ0v) is 14.8. The first kappa shape index (κ1) is 20.4. The van der Waals surface area contributed by atoms with E-state index in [0.717, 1.165) is 23.4 Å². The molecule has 1 aliphatic rings. The lowest BCUT2D eigenvalue weighted by Crippen LogP contribution is -2.42. The van der Waals surface area contributed by atoms with Gasteiger partial charge in [0.2, 0.25) is 11.8 Å². The lowest BCUT2D eigenvalue weighted by molar-refractivity contribution is -0.137. The van der Waals surface area contributed by atoms with Crippen molar-refractivity contribution in [3.63, 3.8) is 0 Å². The average Bonchev–Trinajstić information content (AvgIpc) is 2.88. The van der Waals surface area contributed by atoms with E-state index in [1.807, 2.05) is 0 Å². The van der Waals surface area contributed by atoms with Crippen molar-refractivity contribution in [1.82, 2.24) is 20.9 Å². The van der Waals surface area contributed by atoms with E-state index in [2.05, 4.69) is 22.5 Å². The molecule has 0 saturated heterocycles. The summed E-state index contributed by atoms with van der Waals surface area (Å²) in [6, 6.07) is -0.335. The van der Waals surface area contributed by atoms with Gasteiger partial charge in [-0.1, -0.05) is 6.58 Å². The van der Waals surface area contributed by atoms with Crippen molar-refractivity contribution in [3.8, 4) is 0 Å². The van der Waals surface area contributed by atoms with Crippen LogP contribution < -0.4 is 16.0 Å². The molecule has 138 valence electrons. The lowest BCUT2D eigenvalue weighted by atomic mass is 10.1. The second-order valence-corrected chi connectivity index (χ2v) is 5.85. The van der Waals surface area contributed by atoms with Crippen molar-refractivity contribution in [2.24, 2.45) is 0 Å². The fourth-order valence-corrected chi connectivity index (χ4v) is 2.39. The van der Waals surface area contributed by atoms with E-state index in [9.17, 15) is 19.2 Å². The monoisotopic (exact) mass is 350 g/mol. The maximum Gasteiger partial charge on any atom is 0.253 e. The quantitative estimate of drug-likeness (QED) is 0.354. The minimum atomic E-state index is -0.386. The lowest BCUT2D eigenvalue weighted by Gasteiger charge is -2.18. The van der Waals surface area contributed by atoms with Crippen molar-refractivity contribution < 1.29 is 19.2 Å². The summed E-state index contributed by atoms with van der Waals surface area (Å²) in [5, 5.41) is 8.37. The largest absolute Gasteiger partial charge is 0.378 e. The van der Waals surface area contributed by atoms with Gasteiger partial charge in [-0.3, -0.25) is 24.1 Å². The molecule has 1 heterocycles. The number of nitrogens with zero attached hydrogens (tertiary/aromatic N) is 1. The van der Waals surface area contributed by atoms with Crippen LogP contribution in [0.15, 0.2) is 24.4 Å². The minimum Gasteiger partial charge on any atom is -0.378 e. The van der Waals surface area contributed by atoms with Gasteiger partial charge in [0.05, 0.1) is 0 Å². The number of rotatable bonds is 11. The minimum absolute atomic E-state index is 0.0806. The van der Waals surface area contributed by atoms with Crippen molar-refractivity contribution in [2.75, 3.05) is 20.1 Å². The summed E-state index contributed by atoms with van der Waals surface area (Å²) in [4.78, 5) is 47.2. The van der Waals surface area contributed by atoms with Crippen LogP contribution in [-0.2, 0) is 19.2 Å². The molecule has 0 aromatic carbocycles. The standard InChI is InChI=1S/C17H26N4O4/c1-12(2)20-13(17(25)18-3)6-4-5-10-19-14(22)9-11-21-15(23)7-8-16(21)24/h7-8,13,20H,1,4-6,9-11H2,2-3H3,(H,18,25)(H,19,22). The average molecular weight is 350 g/mol. The molecular formula is C17H26N4O4. The summed E-state index contributed by atoms with van der Waals surface area (Å²) >= 11 is 0. The molecule has 1 rings (SSSR count). The topological polar surface area (TPSA) is 108 Å². The van der Waals surface area contributed by atoms with Crippen LogP contribution in [0.3, 0.4) is 0 Å². The summed E-state index contributed by atoms with van der Waals surface area (Å²) in [5.74, 6) is -1.08. The predicted octanol–water partition coefficient (Wildman–Crippen LogP) is -0.174. The molecule has 3 N–H and O–H groups in total. The van der Waals surface area contributed by atoms with Crippen molar-refractivity contribution >= 4 is 23.6 Å². The van der Waals surface area contributed by atoms with E-state index < -0.39 is 0 Å². The summed E-state index contributed by atoms with van der Waals surface area (Å²) in [6.45, 7) is 6.09. The van der Waals surface area contributed by atoms with E-state index in [-0.39, 0.29) is 42.6 Å². The predicted molar refractivity (Wildman–Crippen MR) is 93.1 cm³/mol. The molecular weight excluding hydrogens is 324 g/mol. The highest BCUT2D eigenvalue weighted by atomic mass is 16.2. The van der Waals surface area contributed by atoms with Gasteiger partial charge in [0.25, 0.3) is 11.8 Å². The SMILES string of the molecule is C=C(C)NC(CCCCNC(=O)CCN1C(=O)C=CC1=O)C(=O)NC. The van der Waals surface area contributed by atoms with Gasteiger partial charge in [0, 0.05) is 44.4 Å². The molecule has 0 aliphatic carbocycles. The third kappa shape index (κ3) is 7.19. The highest BCUT2D eigenvalue weighted by Crippen LogP contribution is 2.05. The smallest absolute Gasteiger partial charge is 0.253 e. The number of allylic oxidation sites excluding steroid dienone is 1. The number of likely N-dealkylation sites (N-methyl/N-ethyl adjacent to an activating group) is 1. The number of carbonyl (C=O) groups excluding carboxylic acids is 4. The molecule has 8 nitrogen and oxygen atoms in total. The molecule has 0 aromatic rings. The molecule has 0 fully saturated rings. The molecule has 1 unspecified atom stereocenters. The van der Waals surface area contributed by atoms with Gasteiger partial charge in [-0.15, -0.1) is 0 Å². The van der Waals surface area contributed by atoms with Gasteiger partial charge in [0.1, 0.15) is 6.04 Å². The number of imide groups is 1. The Morgan fingerprint density at radius 3 is 2.40 bits per heavy atom. The van der Waals surface area contributed by atoms with Gasteiger partial charge in [-0.05, 0) is 26.2 Å². The van der Waals surface area contributed by atoms with Gasteiger partial charge in [-0.25, -0.2) is 0 Å². The van der Waals surface area contributed by atoms with Crippen LogP contribution in [0.4, 0.5) is 0 Å². The Kier molecular flexibility index (Phi) is 8.38. The molecule has 0 spiro atoms. The van der Waals surface area contributed by atoms with Crippen LogP contribution in [-0.4, -0.2) is 54.7 Å². The van der Waals surface area contributed by atoms with Gasteiger partial charge >= 0.3 is 0 Å². The molecule has 0 radical (unpaired) electrons. The number of amides is 4. The highest BCUT2D eigenvalue weighted by molar-refractivity contribution is 6.13. The summed E-state index contributed by atoms with van der Waals surface area (Å²) in [6.07, 6.45) is 4.58. The number of nitrogens with one attached hydrogen (secondary N) is 3. The number of hydrogen-bond acceptors (Lipinski definition) is 5. The van der Waals surface area contributed by atoms with Crippen molar-refractivity contribution in [2.45, 2.75) is 38.6 Å². The molecule has 1 aliphatic heterocycles. The van der Waals surface area contributed by atoms with E-state index in [0.29, 0.717) is 13.0 Å². The molecule has 0 bridgehead atoms. The Morgan fingerprint density at radius 2 is 1.84 bits per heavy atom. The fourth-order valence-electron chi connectivity index (χ4n) is 2.39. The number of hydrogen-bond donors (Lipinski definition) is 3. The van der Waals surface area contributed by atoms with Crippen LogP contribution in [0, 0.1) is 0 Å². The Labute approximate surface area is 147 Å². The first-order valence-corrected chi connectivity index (χ1v) is 8.29. The molecule has 1 atom stereocenters. The van der Waals surface area contributed by atoms with E-state index in [1.54, 1.807) is 14.0 Å². The number of unbranched alkanes of at least 4 members (excludes halogenated alkanes) is 1. The van der Waals surface area contributed by atoms with E-state index in [4.69, 9.17) is 0 Å². The van der Waals surface area contributed by atoms with Crippen LogP contribution >= 0.6 is 0 Å². The van der Waals surface area contributed by atoms with Gasteiger partial charge in [0.15, 0.2) is 0 Å². The number of carbonyl (C=O) groups is 4. The van der Waals surface area contributed by atoms with Crippen LogP contribution in [0.1, 0.15) is 32.6 Å². The first-order chi connectivity index (χ1) is 11.8. The normalized spacial score (nSPS) is 14.4.